The van der Waals surface area contributed by atoms with E-state index in [1.165, 1.54) is 31.2 Å². The molecule has 1 fully saturated rings. The number of aryl methyl sites for hydroxylation is 1. The lowest BCUT2D eigenvalue weighted by Gasteiger charge is -2.12. The summed E-state index contributed by atoms with van der Waals surface area (Å²) in [5.41, 5.74) is 6.06. The van der Waals surface area contributed by atoms with Gasteiger partial charge in [-0.1, -0.05) is 18.9 Å². The maximum atomic E-state index is 8.78. The molecule has 90 valence electrons. The number of hydrogen-bond acceptors (Lipinski definition) is 3. The van der Waals surface area contributed by atoms with Gasteiger partial charge in [-0.25, -0.2) is 0 Å². The first-order chi connectivity index (χ1) is 8.29. The molecule has 2 rings (SSSR count). The zero-order valence-electron chi connectivity index (χ0n) is 10.2. The highest BCUT2D eigenvalue weighted by Gasteiger charge is 2.15. The van der Waals surface area contributed by atoms with Crippen LogP contribution in [-0.4, -0.2) is 6.10 Å². The van der Waals surface area contributed by atoms with Gasteiger partial charge in [0.1, 0.15) is 0 Å². The molecule has 0 heterocycles. The fourth-order valence-corrected chi connectivity index (χ4v) is 2.21. The van der Waals surface area contributed by atoms with Gasteiger partial charge in [-0.3, -0.25) is 4.84 Å². The number of rotatable bonds is 4. The third-order valence-corrected chi connectivity index (χ3v) is 3.29. The van der Waals surface area contributed by atoms with Crippen molar-refractivity contribution in [1.82, 2.24) is 5.48 Å². The van der Waals surface area contributed by atoms with Crippen LogP contribution < -0.4 is 5.48 Å². The van der Waals surface area contributed by atoms with Crippen LogP contribution in [0.25, 0.3) is 0 Å². The molecule has 0 unspecified atom stereocenters. The Balaban J connectivity index is 1.84. The quantitative estimate of drug-likeness (QED) is 0.809. The second-order valence-corrected chi connectivity index (χ2v) is 4.60. The number of benzene rings is 1. The number of nitrogens with one attached hydrogen (secondary N) is 1. The summed E-state index contributed by atoms with van der Waals surface area (Å²) < 4.78 is 0. The van der Waals surface area contributed by atoms with E-state index in [1.54, 1.807) is 0 Å². The summed E-state index contributed by atoms with van der Waals surface area (Å²) in [6.07, 6.45) is 5.28. The van der Waals surface area contributed by atoms with E-state index in [2.05, 4.69) is 11.5 Å². The number of hydrogen-bond donors (Lipinski definition) is 1. The molecule has 3 nitrogen and oxygen atoms in total. The van der Waals surface area contributed by atoms with Crippen molar-refractivity contribution in [3.63, 3.8) is 0 Å². The standard InChI is InChI=1S/C14H18N2O/c1-11-8-12(9-15)6-7-13(11)10-16-17-14-4-2-3-5-14/h6-8,14,16H,2-5,10H2,1H3. The van der Waals surface area contributed by atoms with Crippen LogP contribution in [0.15, 0.2) is 18.2 Å². The summed E-state index contributed by atoms with van der Waals surface area (Å²) in [5.74, 6) is 0. The SMILES string of the molecule is Cc1cc(C#N)ccc1CNOC1CCCC1. The Morgan fingerprint density at radius 3 is 2.82 bits per heavy atom. The van der Waals surface area contributed by atoms with E-state index < -0.39 is 0 Å². The molecule has 1 aromatic carbocycles. The van der Waals surface area contributed by atoms with Gasteiger partial charge in [-0.05, 0) is 43.0 Å². The molecule has 0 bridgehead atoms. The average Bonchev–Trinajstić information content (AvgIpc) is 2.84. The van der Waals surface area contributed by atoms with Crippen LogP contribution in [0.2, 0.25) is 0 Å². The molecule has 1 saturated carbocycles. The van der Waals surface area contributed by atoms with Gasteiger partial charge in [-0.15, -0.1) is 0 Å². The molecule has 0 aromatic heterocycles. The largest absolute Gasteiger partial charge is 0.298 e. The van der Waals surface area contributed by atoms with Gasteiger partial charge in [0.25, 0.3) is 0 Å². The average molecular weight is 230 g/mol. The van der Waals surface area contributed by atoms with Crippen LogP contribution in [0, 0.1) is 18.3 Å². The first-order valence-electron chi connectivity index (χ1n) is 6.18. The van der Waals surface area contributed by atoms with Crippen LogP contribution in [-0.2, 0) is 11.4 Å². The van der Waals surface area contributed by atoms with E-state index in [1.807, 2.05) is 25.1 Å². The van der Waals surface area contributed by atoms with E-state index in [0.29, 0.717) is 18.2 Å². The monoisotopic (exact) mass is 230 g/mol. The van der Waals surface area contributed by atoms with Crippen LogP contribution >= 0.6 is 0 Å². The molecule has 0 saturated heterocycles. The first kappa shape index (κ1) is 12.1. The van der Waals surface area contributed by atoms with E-state index >= 15 is 0 Å². The van der Waals surface area contributed by atoms with Gasteiger partial charge < -0.3 is 0 Å². The summed E-state index contributed by atoms with van der Waals surface area (Å²) in [6, 6.07) is 7.89. The maximum Gasteiger partial charge on any atom is 0.0991 e. The number of nitrogens with zero attached hydrogens (tertiary/aromatic N) is 1. The second-order valence-electron chi connectivity index (χ2n) is 4.60. The van der Waals surface area contributed by atoms with E-state index in [0.717, 1.165) is 5.56 Å². The predicted molar refractivity (Wildman–Crippen MR) is 66.1 cm³/mol. The fraction of sp³-hybridized carbons (Fsp3) is 0.500. The minimum Gasteiger partial charge on any atom is -0.298 e. The second kappa shape index (κ2) is 5.81. The molecule has 3 heteroatoms. The minimum absolute atomic E-state index is 0.383. The molecule has 0 amide bonds. The van der Waals surface area contributed by atoms with Crippen molar-refractivity contribution in [2.75, 3.05) is 0 Å². The minimum atomic E-state index is 0.383. The molecular formula is C14H18N2O. The maximum absolute atomic E-state index is 8.78. The molecule has 17 heavy (non-hydrogen) atoms. The van der Waals surface area contributed by atoms with Crippen molar-refractivity contribution in [3.05, 3.63) is 34.9 Å². The highest BCUT2D eigenvalue weighted by molar-refractivity contribution is 5.37. The normalized spacial score (nSPS) is 16.0. The summed E-state index contributed by atoms with van der Waals surface area (Å²) in [5, 5.41) is 8.78. The molecular weight excluding hydrogens is 212 g/mol. The lowest BCUT2D eigenvalue weighted by Crippen LogP contribution is -2.21. The zero-order valence-corrected chi connectivity index (χ0v) is 10.2. The van der Waals surface area contributed by atoms with E-state index in [-0.39, 0.29) is 0 Å². The zero-order chi connectivity index (χ0) is 12.1. The molecule has 0 aliphatic heterocycles. The number of hydroxylamine groups is 1. The van der Waals surface area contributed by atoms with Gasteiger partial charge in [0.15, 0.2) is 0 Å². The first-order valence-corrected chi connectivity index (χ1v) is 6.18. The summed E-state index contributed by atoms with van der Waals surface area (Å²) in [7, 11) is 0. The van der Waals surface area contributed by atoms with E-state index in [4.69, 9.17) is 10.1 Å². The Hall–Kier alpha value is -1.37. The molecule has 1 aromatic rings. The van der Waals surface area contributed by atoms with Gasteiger partial charge in [0.2, 0.25) is 0 Å². The smallest absolute Gasteiger partial charge is 0.0991 e. The van der Waals surface area contributed by atoms with E-state index in [9.17, 15) is 0 Å². The third kappa shape index (κ3) is 3.29. The Labute approximate surface area is 102 Å². The van der Waals surface area contributed by atoms with Crippen LogP contribution in [0.1, 0.15) is 42.4 Å². The summed E-state index contributed by atoms with van der Waals surface area (Å²) in [6.45, 7) is 2.72. The Kier molecular flexibility index (Phi) is 4.13. The molecule has 1 aliphatic carbocycles. The van der Waals surface area contributed by atoms with Crippen LogP contribution in [0.5, 0.6) is 0 Å². The van der Waals surface area contributed by atoms with Crippen molar-refractivity contribution < 1.29 is 4.84 Å². The van der Waals surface area contributed by atoms with Crippen molar-refractivity contribution in [2.24, 2.45) is 0 Å². The van der Waals surface area contributed by atoms with Crippen LogP contribution in [0.4, 0.5) is 0 Å². The predicted octanol–water partition coefficient (Wildman–Crippen LogP) is 2.83. The van der Waals surface area contributed by atoms with Crippen molar-refractivity contribution >= 4 is 0 Å². The summed E-state index contributed by atoms with van der Waals surface area (Å²) >= 11 is 0. The fourth-order valence-electron chi connectivity index (χ4n) is 2.21. The van der Waals surface area contributed by atoms with Gasteiger partial charge in [-0.2, -0.15) is 10.7 Å². The van der Waals surface area contributed by atoms with Crippen molar-refractivity contribution in [2.45, 2.75) is 45.3 Å². The van der Waals surface area contributed by atoms with Crippen molar-refractivity contribution in [3.8, 4) is 6.07 Å². The number of nitriles is 1. The topological polar surface area (TPSA) is 45.0 Å². The molecule has 1 N–H and O–H groups in total. The highest BCUT2D eigenvalue weighted by atomic mass is 16.7. The molecule has 0 radical (unpaired) electrons. The molecule has 1 aliphatic rings. The highest BCUT2D eigenvalue weighted by Crippen LogP contribution is 2.20. The molecule has 0 spiro atoms. The Morgan fingerprint density at radius 1 is 1.41 bits per heavy atom. The Morgan fingerprint density at radius 2 is 2.18 bits per heavy atom. The van der Waals surface area contributed by atoms with Crippen LogP contribution in [0.3, 0.4) is 0 Å². The molecule has 0 atom stereocenters. The lowest BCUT2D eigenvalue weighted by molar-refractivity contribution is -0.0244. The summed E-state index contributed by atoms with van der Waals surface area (Å²) in [4.78, 5) is 5.60. The van der Waals surface area contributed by atoms with Crippen molar-refractivity contribution in [1.29, 1.82) is 5.26 Å². The van der Waals surface area contributed by atoms with Gasteiger partial charge in [0, 0.05) is 6.54 Å². The Bertz CT molecular complexity index is 417. The van der Waals surface area contributed by atoms with Gasteiger partial charge in [0.05, 0.1) is 17.7 Å². The van der Waals surface area contributed by atoms with Gasteiger partial charge >= 0.3 is 0 Å². The lowest BCUT2D eigenvalue weighted by atomic mass is 10.1. The third-order valence-electron chi connectivity index (χ3n) is 3.29.